The van der Waals surface area contributed by atoms with Crippen LogP contribution in [0.5, 0.6) is 57.5 Å². The van der Waals surface area contributed by atoms with E-state index in [1.165, 1.54) is 0 Å². The van der Waals surface area contributed by atoms with Crippen molar-refractivity contribution in [2.75, 3.05) is 77.8 Å². The first-order chi connectivity index (χ1) is 34.6. The lowest BCUT2D eigenvalue weighted by atomic mass is 9.94. The summed E-state index contributed by atoms with van der Waals surface area (Å²) in [5.74, 6) is 8.93. The van der Waals surface area contributed by atoms with Gasteiger partial charge >= 0.3 is 0 Å². The van der Waals surface area contributed by atoms with Crippen LogP contribution in [-0.4, -0.2) is 77.8 Å². The van der Waals surface area contributed by atoms with Gasteiger partial charge in [0.15, 0.2) is 0 Å². The Morgan fingerprint density at radius 1 is 0.254 bits per heavy atom. The standard InChI is InChI=1S/C55H70O10.C4H6Cl2/c1-11-56-46-26-37-22-39-29-51(61-16-6)41(31-50(39)60-15-5)24-43-33-55(65-20-10)45(35-54(43)64-19-9)25-44-34-52(62-17-7)42(32-53(44)63-18-8)23-40-30-48(58-13-3)38(28-49(40)59-14-4)21-36(46)27-47(37)57-12-2;5-3-1-2-4-6/h26-35H,11-25H2,1-10H3;1-2H,3-4H2/b;2-1-. The molecule has 10 nitrogen and oxygen atoms in total. The minimum atomic E-state index is 0.496. The highest BCUT2D eigenvalue weighted by molar-refractivity contribution is 6.20. The summed E-state index contributed by atoms with van der Waals surface area (Å²) in [6, 6.07) is 21.2. The summed E-state index contributed by atoms with van der Waals surface area (Å²) in [7, 11) is 0. The van der Waals surface area contributed by atoms with Crippen molar-refractivity contribution in [1.29, 1.82) is 0 Å². The predicted octanol–water partition coefficient (Wildman–Crippen LogP) is 14.0. The summed E-state index contributed by atoms with van der Waals surface area (Å²) in [6.45, 7) is 25.1. The molecule has 10 bridgehead atoms. The quantitative estimate of drug-likeness (QED) is 0.0483. The summed E-state index contributed by atoms with van der Waals surface area (Å²) >= 11 is 10.5. The molecule has 12 heteroatoms. The van der Waals surface area contributed by atoms with Gasteiger partial charge in [0, 0.05) is 99.5 Å². The van der Waals surface area contributed by atoms with E-state index in [0.29, 0.717) is 110 Å². The summed E-state index contributed by atoms with van der Waals surface area (Å²) in [4.78, 5) is 0. The fourth-order valence-electron chi connectivity index (χ4n) is 8.65. The van der Waals surface area contributed by atoms with E-state index in [9.17, 15) is 0 Å². The second-order valence-corrected chi connectivity index (χ2v) is 16.9. The Bertz CT molecular complexity index is 1940. The van der Waals surface area contributed by atoms with Gasteiger partial charge in [-0.1, -0.05) is 12.2 Å². The van der Waals surface area contributed by atoms with Crippen molar-refractivity contribution in [2.24, 2.45) is 0 Å². The molecule has 5 aromatic rings. The molecule has 15 rings (SSSR count). The van der Waals surface area contributed by atoms with Crippen molar-refractivity contribution in [1.82, 2.24) is 0 Å². The van der Waals surface area contributed by atoms with Crippen molar-refractivity contribution >= 4 is 23.2 Å². The van der Waals surface area contributed by atoms with Gasteiger partial charge in [-0.2, -0.15) is 0 Å². The fraction of sp³-hybridized carbons (Fsp3) is 0.458. The lowest BCUT2D eigenvalue weighted by Crippen LogP contribution is -2.08. The number of alkyl halides is 2. The van der Waals surface area contributed by atoms with Crippen molar-refractivity contribution in [3.05, 3.63) is 128 Å². The molecule has 10 aliphatic rings. The highest BCUT2D eigenvalue weighted by Crippen LogP contribution is 2.43. The third-order valence-electron chi connectivity index (χ3n) is 11.5. The molecule has 0 heterocycles. The lowest BCUT2D eigenvalue weighted by Gasteiger charge is -2.21. The van der Waals surface area contributed by atoms with Crippen LogP contribution in [0.2, 0.25) is 0 Å². The molecule has 5 aromatic carbocycles. The van der Waals surface area contributed by atoms with Gasteiger partial charge in [0.1, 0.15) is 57.5 Å². The third kappa shape index (κ3) is 15.5. The largest absolute Gasteiger partial charge is 0.494 e. The molecule has 0 fully saturated rings. The van der Waals surface area contributed by atoms with E-state index in [2.05, 4.69) is 60.7 Å². The van der Waals surface area contributed by atoms with Crippen LogP contribution >= 0.6 is 23.2 Å². The molecule has 0 atom stereocenters. The highest BCUT2D eigenvalue weighted by atomic mass is 35.5. The van der Waals surface area contributed by atoms with Crippen LogP contribution in [0.25, 0.3) is 0 Å². The topological polar surface area (TPSA) is 92.3 Å². The molecule has 0 aromatic heterocycles. The van der Waals surface area contributed by atoms with Crippen molar-refractivity contribution < 1.29 is 47.4 Å². The molecule has 0 unspecified atom stereocenters. The van der Waals surface area contributed by atoms with E-state index in [1.807, 2.05) is 81.4 Å². The van der Waals surface area contributed by atoms with Gasteiger partial charge in [-0.15, -0.1) is 23.2 Å². The number of hydrogen-bond acceptors (Lipinski definition) is 10. The average Bonchev–Trinajstić information content (AvgIpc) is 3.35. The van der Waals surface area contributed by atoms with Crippen molar-refractivity contribution in [3.8, 4) is 57.5 Å². The summed E-state index contributed by atoms with van der Waals surface area (Å²) in [5, 5.41) is 0. The zero-order valence-electron chi connectivity index (χ0n) is 43.8. The van der Waals surface area contributed by atoms with Crippen LogP contribution in [0, 0.1) is 0 Å². The van der Waals surface area contributed by atoms with E-state index in [-0.39, 0.29) is 0 Å². The molecule has 0 radical (unpaired) electrons. The van der Waals surface area contributed by atoms with Crippen LogP contribution in [0.3, 0.4) is 0 Å². The Balaban J connectivity index is 0.00000147. The zero-order chi connectivity index (χ0) is 51.1. The molecule has 0 aliphatic heterocycles. The zero-order valence-corrected chi connectivity index (χ0v) is 45.3. The second-order valence-electron chi connectivity index (χ2n) is 16.3. The maximum atomic E-state index is 6.43. The summed E-state index contributed by atoms with van der Waals surface area (Å²) in [6.07, 6.45) is 6.26. The first kappa shape index (κ1) is 56.3. The number of rotatable bonds is 22. The van der Waals surface area contributed by atoms with Crippen LogP contribution in [0.1, 0.15) is 125 Å². The molecule has 0 saturated heterocycles. The molecule has 71 heavy (non-hydrogen) atoms. The van der Waals surface area contributed by atoms with Crippen molar-refractivity contribution in [2.45, 2.75) is 101 Å². The van der Waals surface area contributed by atoms with E-state index in [4.69, 9.17) is 70.6 Å². The Hall–Kier alpha value is -5.58. The molecule has 0 saturated carbocycles. The highest BCUT2D eigenvalue weighted by Gasteiger charge is 2.24. The molecular formula is C59H76Cl2O10. The van der Waals surface area contributed by atoms with E-state index in [1.54, 1.807) is 0 Å². The van der Waals surface area contributed by atoms with Gasteiger partial charge < -0.3 is 47.4 Å². The van der Waals surface area contributed by atoms with Gasteiger partial charge in [-0.25, -0.2) is 0 Å². The van der Waals surface area contributed by atoms with E-state index >= 15 is 0 Å². The normalized spacial score (nSPS) is 12.0. The van der Waals surface area contributed by atoms with Crippen LogP contribution in [0.15, 0.2) is 72.8 Å². The van der Waals surface area contributed by atoms with Gasteiger partial charge in [0.2, 0.25) is 0 Å². The summed E-state index contributed by atoms with van der Waals surface area (Å²) < 4.78 is 64.3. The molecule has 0 N–H and O–H groups in total. The third-order valence-corrected chi connectivity index (χ3v) is 11.8. The predicted molar refractivity (Wildman–Crippen MR) is 289 cm³/mol. The Kier molecular flexibility index (Phi) is 23.6. The monoisotopic (exact) mass is 1010 g/mol. The van der Waals surface area contributed by atoms with Gasteiger partial charge in [0.25, 0.3) is 0 Å². The Labute approximate surface area is 433 Å². The van der Waals surface area contributed by atoms with E-state index in [0.717, 1.165) is 113 Å². The minimum absolute atomic E-state index is 0.496. The summed E-state index contributed by atoms with van der Waals surface area (Å²) in [5.41, 5.74) is 9.81. The smallest absolute Gasteiger partial charge is 0.123 e. The molecule has 10 aliphatic carbocycles. The van der Waals surface area contributed by atoms with Crippen molar-refractivity contribution in [3.63, 3.8) is 0 Å². The number of ether oxygens (including phenoxy) is 10. The Morgan fingerprint density at radius 3 is 0.451 bits per heavy atom. The maximum absolute atomic E-state index is 6.43. The fourth-order valence-corrected chi connectivity index (χ4v) is 8.90. The Morgan fingerprint density at radius 2 is 0.366 bits per heavy atom. The van der Waals surface area contributed by atoms with Crippen LogP contribution in [-0.2, 0) is 32.1 Å². The average molecular weight is 1020 g/mol. The number of hydrogen-bond donors (Lipinski definition) is 0. The van der Waals surface area contributed by atoms with Crippen LogP contribution < -0.4 is 47.4 Å². The van der Waals surface area contributed by atoms with Gasteiger partial charge in [0.05, 0.1) is 66.1 Å². The molecular weight excluding hydrogens is 940 g/mol. The molecule has 0 amide bonds. The number of halogens is 2. The van der Waals surface area contributed by atoms with Crippen LogP contribution in [0.4, 0.5) is 0 Å². The van der Waals surface area contributed by atoms with Gasteiger partial charge in [-0.05, 0) is 130 Å². The minimum Gasteiger partial charge on any atom is -0.494 e. The first-order valence-corrected chi connectivity index (χ1v) is 26.6. The molecule has 0 spiro atoms. The lowest BCUT2D eigenvalue weighted by molar-refractivity contribution is 0.320. The second kappa shape index (κ2) is 29.7. The maximum Gasteiger partial charge on any atom is 0.123 e. The van der Waals surface area contributed by atoms with E-state index < -0.39 is 0 Å². The number of benzene rings is 5. The SMILES string of the molecule is CCOc1cc2c(OCC)cc1Cc1cc(OCC)c(cc1OCC)Cc1cc(OCC)c(cc1OCC)Cc1cc(OCC)c(cc1OCC)Cc1cc(OCC)c(cc1OCC)C2.ClC/C=C\CCl. The number of allylic oxidation sites excluding steroid dienone is 2. The van der Waals surface area contributed by atoms with Gasteiger partial charge in [-0.3, -0.25) is 0 Å². The molecule has 386 valence electrons. The first-order valence-electron chi connectivity index (χ1n) is 25.5.